The van der Waals surface area contributed by atoms with E-state index in [1.807, 2.05) is 0 Å². The largest absolute Gasteiger partial charge is 0.298 e. The summed E-state index contributed by atoms with van der Waals surface area (Å²) in [6, 6.07) is 9.77. The first-order chi connectivity index (χ1) is 11.0. The molecule has 1 heterocycles. The highest BCUT2D eigenvalue weighted by atomic mass is 79.9. The Kier molecular flexibility index (Phi) is 4.28. The number of para-hydroxylation sites is 1. The number of nitrogens with zero attached hydrogens (tertiary/aromatic N) is 2. The van der Waals surface area contributed by atoms with Crippen molar-refractivity contribution >= 4 is 33.8 Å². The second-order valence-corrected chi connectivity index (χ2v) is 5.82. The number of carbonyl (C=O) groups is 1. The van der Waals surface area contributed by atoms with Crippen molar-refractivity contribution in [3.05, 3.63) is 69.3 Å². The van der Waals surface area contributed by atoms with Gasteiger partial charge in [-0.2, -0.15) is 5.10 Å². The number of rotatable bonds is 3. The number of carbonyl (C=O) groups excluding carboxylic acids is 1. The summed E-state index contributed by atoms with van der Waals surface area (Å²) in [6.07, 6.45) is 0.587. The molecule has 0 unspecified atom stereocenters. The molecule has 2 aromatic carbocycles. The van der Waals surface area contributed by atoms with Gasteiger partial charge in [0, 0.05) is 5.56 Å². The molecule has 0 bridgehead atoms. The molecule has 3 nitrogen and oxygen atoms in total. The SMILES string of the molecule is O=Cc1c(-c2ccc(F)cc2Cl)nn(-c2ccccc2F)c1Br. The summed E-state index contributed by atoms with van der Waals surface area (Å²) >= 11 is 9.29. The van der Waals surface area contributed by atoms with Crippen LogP contribution in [0.25, 0.3) is 16.9 Å². The molecule has 0 aliphatic rings. The van der Waals surface area contributed by atoms with Gasteiger partial charge in [0.1, 0.15) is 27.6 Å². The number of benzene rings is 2. The number of aldehydes is 1. The summed E-state index contributed by atoms with van der Waals surface area (Å²) in [4.78, 5) is 11.4. The quantitative estimate of drug-likeness (QED) is 0.580. The van der Waals surface area contributed by atoms with Crippen molar-refractivity contribution < 1.29 is 13.6 Å². The fourth-order valence-electron chi connectivity index (χ4n) is 2.18. The van der Waals surface area contributed by atoms with E-state index in [2.05, 4.69) is 21.0 Å². The Balaban J connectivity index is 2.26. The standard InChI is InChI=1S/C16H8BrClF2N2O/c17-16-11(8-23)15(10-6-5-9(19)7-12(10)18)21-22(16)14-4-2-1-3-13(14)20/h1-8H. The van der Waals surface area contributed by atoms with E-state index in [4.69, 9.17) is 11.6 Å². The Morgan fingerprint density at radius 2 is 1.91 bits per heavy atom. The van der Waals surface area contributed by atoms with Gasteiger partial charge in [-0.1, -0.05) is 23.7 Å². The van der Waals surface area contributed by atoms with Crippen LogP contribution in [-0.4, -0.2) is 16.1 Å². The Hall–Kier alpha value is -2.05. The highest BCUT2D eigenvalue weighted by molar-refractivity contribution is 9.10. The van der Waals surface area contributed by atoms with Crippen LogP contribution in [0, 0.1) is 11.6 Å². The predicted molar refractivity (Wildman–Crippen MR) is 87.0 cm³/mol. The zero-order chi connectivity index (χ0) is 16.6. The highest BCUT2D eigenvalue weighted by Gasteiger charge is 2.21. The van der Waals surface area contributed by atoms with Gasteiger partial charge in [0.2, 0.25) is 0 Å². The Labute approximate surface area is 143 Å². The summed E-state index contributed by atoms with van der Waals surface area (Å²) < 4.78 is 28.7. The van der Waals surface area contributed by atoms with Crippen molar-refractivity contribution in [2.75, 3.05) is 0 Å². The van der Waals surface area contributed by atoms with Gasteiger partial charge in [-0.05, 0) is 46.3 Å². The molecule has 116 valence electrons. The first-order valence-electron chi connectivity index (χ1n) is 6.47. The Morgan fingerprint density at radius 3 is 2.57 bits per heavy atom. The summed E-state index contributed by atoms with van der Waals surface area (Å²) in [6.45, 7) is 0. The molecular weight excluding hydrogens is 390 g/mol. The van der Waals surface area contributed by atoms with Gasteiger partial charge in [0.05, 0.1) is 10.6 Å². The fourth-order valence-corrected chi connectivity index (χ4v) is 2.99. The monoisotopic (exact) mass is 396 g/mol. The molecule has 0 radical (unpaired) electrons. The van der Waals surface area contributed by atoms with Crippen molar-refractivity contribution in [2.45, 2.75) is 0 Å². The van der Waals surface area contributed by atoms with Gasteiger partial charge in [-0.3, -0.25) is 4.79 Å². The third-order valence-corrected chi connectivity index (χ3v) is 4.32. The Bertz CT molecular complexity index is 911. The van der Waals surface area contributed by atoms with Crippen molar-refractivity contribution in [1.82, 2.24) is 9.78 Å². The summed E-state index contributed by atoms with van der Waals surface area (Å²) in [5.41, 5.74) is 0.986. The van der Waals surface area contributed by atoms with E-state index in [1.165, 1.54) is 28.9 Å². The maximum absolute atomic E-state index is 14.0. The maximum atomic E-state index is 14.0. The van der Waals surface area contributed by atoms with E-state index in [0.717, 1.165) is 6.07 Å². The van der Waals surface area contributed by atoms with Crippen LogP contribution in [0.5, 0.6) is 0 Å². The highest BCUT2D eigenvalue weighted by Crippen LogP contribution is 2.34. The van der Waals surface area contributed by atoms with E-state index in [1.54, 1.807) is 12.1 Å². The van der Waals surface area contributed by atoms with Crippen LogP contribution in [0.15, 0.2) is 47.1 Å². The molecule has 1 aromatic heterocycles. The molecule has 0 aliphatic carbocycles. The van der Waals surface area contributed by atoms with Crippen molar-refractivity contribution in [2.24, 2.45) is 0 Å². The second-order valence-electron chi connectivity index (χ2n) is 4.66. The van der Waals surface area contributed by atoms with Crippen molar-refractivity contribution in [3.8, 4) is 16.9 Å². The molecule has 3 aromatic rings. The van der Waals surface area contributed by atoms with Gasteiger partial charge < -0.3 is 0 Å². The van der Waals surface area contributed by atoms with Crippen LogP contribution in [0.1, 0.15) is 10.4 Å². The fraction of sp³-hybridized carbons (Fsp3) is 0. The number of hydrogen-bond acceptors (Lipinski definition) is 2. The lowest BCUT2D eigenvalue weighted by Gasteiger charge is -2.04. The van der Waals surface area contributed by atoms with Gasteiger partial charge in [0.15, 0.2) is 6.29 Å². The molecule has 0 saturated heterocycles. The van der Waals surface area contributed by atoms with Crippen LogP contribution >= 0.6 is 27.5 Å². The van der Waals surface area contributed by atoms with Crippen LogP contribution in [0.2, 0.25) is 5.02 Å². The molecule has 0 atom stereocenters. The first kappa shape index (κ1) is 15.8. The summed E-state index contributed by atoms with van der Waals surface area (Å²) in [7, 11) is 0. The third-order valence-electron chi connectivity index (χ3n) is 3.25. The minimum atomic E-state index is -0.501. The average molecular weight is 398 g/mol. The smallest absolute Gasteiger partial charge is 0.155 e. The molecule has 0 spiro atoms. The van der Waals surface area contributed by atoms with Crippen LogP contribution in [0.4, 0.5) is 8.78 Å². The topological polar surface area (TPSA) is 34.9 Å². The van der Waals surface area contributed by atoms with E-state index >= 15 is 0 Å². The van der Waals surface area contributed by atoms with Crippen LogP contribution in [-0.2, 0) is 0 Å². The molecule has 0 saturated carbocycles. The number of aromatic nitrogens is 2. The van der Waals surface area contributed by atoms with Crippen LogP contribution in [0.3, 0.4) is 0 Å². The first-order valence-corrected chi connectivity index (χ1v) is 7.64. The van der Waals surface area contributed by atoms with Gasteiger partial charge in [-0.25, -0.2) is 13.5 Å². The zero-order valence-corrected chi connectivity index (χ0v) is 13.8. The molecule has 7 heteroatoms. The van der Waals surface area contributed by atoms with Crippen molar-refractivity contribution in [3.63, 3.8) is 0 Å². The third kappa shape index (κ3) is 2.80. The van der Waals surface area contributed by atoms with E-state index in [9.17, 15) is 13.6 Å². The minimum absolute atomic E-state index is 0.110. The normalized spacial score (nSPS) is 10.8. The lowest BCUT2D eigenvalue weighted by molar-refractivity contribution is 0.112. The number of halogens is 4. The van der Waals surface area contributed by atoms with Gasteiger partial charge in [0.25, 0.3) is 0 Å². The molecule has 0 fully saturated rings. The Morgan fingerprint density at radius 1 is 1.17 bits per heavy atom. The lowest BCUT2D eigenvalue weighted by atomic mass is 10.1. The molecule has 23 heavy (non-hydrogen) atoms. The molecule has 0 amide bonds. The van der Waals surface area contributed by atoms with Crippen LogP contribution < -0.4 is 0 Å². The summed E-state index contributed by atoms with van der Waals surface area (Å²) in [5, 5.41) is 4.37. The molecular formula is C16H8BrClF2N2O. The predicted octanol–water partition coefficient (Wildman–Crippen LogP) is 5.05. The molecule has 0 aliphatic heterocycles. The van der Waals surface area contributed by atoms with Gasteiger partial charge in [-0.15, -0.1) is 0 Å². The minimum Gasteiger partial charge on any atom is -0.298 e. The van der Waals surface area contributed by atoms with E-state index in [0.29, 0.717) is 11.8 Å². The summed E-state index contributed by atoms with van der Waals surface area (Å²) in [5.74, 6) is -0.996. The molecule has 3 rings (SSSR count). The lowest BCUT2D eigenvalue weighted by Crippen LogP contribution is -2.00. The number of hydrogen-bond donors (Lipinski definition) is 0. The molecule has 0 N–H and O–H groups in total. The van der Waals surface area contributed by atoms with E-state index < -0.39 is 11.6 Å². The maximum Gasteiger partial charge on any atom is 0.155 e. The van der Waals surface area contributed by atoms with E-state index in [-0.39, 0.29) is 26.6 Å². The zero-order valence-electron chi connectivity index (χ0n) is 11.4. The van der Waals surface area contributed by atoms with Crippen molar-refractivity contribution in [1.29, 1.82) is 0 Å². The second kappa shape index (κ2) is 6.22. The van der Waals surface area contributed by atoms with Gasteiger partial charge >= 0.3 is 0 Å². The average Bonchev–Trinajstić information content (AvgIpc) is 2.84.